The van der Waals surface area contributed by atoms with E-state index in [1.165, 1.54) is 0 Å². The quantitative estimate of drug-likeness (QED) is 0.741. The van der Waals surface area contributed by atoms with E-state index in [0.717, 1.165) is 13.1 Å². The number of carbonyl (C=O) groups is 2. The van der Waals surface area contributed by atoms with Crippen LogP contribution in [-0.2, 0) is 9.59 Å². The summed E-state index contributed by atoms with van der Waals surface area (Å²) in [5.41, 5.74) is -1.24. The van der Waals surface area contributed by atoms with Crippen LogP contribution in [0, 0.1) is 23.7 Å². The molecule has 0 saturated carbocycles. The van der Waals surface area contributed by atoms with Gasteiger partial charge in [0.15, 0.2) is 5.66 Å². The Hall–Kier alpha value is -1.94. The Kier molecular flexibility index (Phi) is 4.35. The SMILES string of the molecule is C#CCCC1(CCC(=O)N2C[C@@H]3CN(C)CC[C@]3(C(=O)O)C2)N=N1. The molecule has 2 saturated heterocycles. The van der Waals surface area contributed by atoms with Crippen molar-refractivity contribution in [3.05, 3.63) is 0 Å². The van der Waals surface area contributed by atoms with Gasteiger partial charge in [0.1, 0.15) is 0 Å². The van der Waals surface area contributed by atoms with Crippen LogP contribution >= 0.6 is 0 Å². The van der Waals surface area contributed by atoms with Gasteiger partial charge in [-0.25, -0.2) is 0 Å². The monoisotopic (exact) mass is 332 g/mol. The Morgan fingerprint density at radius 3 is 2.71 bits per heavy atom. The highest BCUT2D eigenvalue weighted by Gasteiger charge is 2.55. The van der Waals surface area contributed by atoms with Gasteiger partial charge in [0.25, 0.3) is 0 Å². The van der Waals surface area contributed by atoms with Crippen molar-refractivity contribution in [3.63, 3.8) is 0 Å². The lowest BCUT2D eigenvalue weighted by Gasteiger charge is -2.38. The molecule has 0 bridgehead atoms. The number of fused-ring (bicyclic) bond motifs is 1. The first-order valence-electron chi connectivity index (χ1n) is 8.48. The maximum atomic E-state index is 12.6. The summed E-state index contributed by atoms with van der Waals surface area (Å²) in [6, 6.07) is 0. The van der Waals surface area contributed by atoms with Crippen LogP contribution in [0.2, 0.25) is 0 Å². The molecule has 2 fully saturated rings. The lowest BCUT2D eigenvalue weighted by Crippen LogP contribution is -2.49. The van der Waals surface area contributed by atoms with Crippen LogP contribution in [0.25, 0.3) is 0 Å². The number of terminal acetylenes is 1. The number of likely N-dealkylation sites (tertiary alicyclic amines) is 2. The number of piperidine rings is 1. The zero-order valence-electron chi connectivity index (χ0n) is 14.1. The van der Waals surface area contributed by atoms with E-state index in [4.69, 9.17) is 6.42 Å². The first kappa shape index (κ1) is 16.9. The maximum Gasteiger partial charge on any atom is 0.311 e. The van der Waals surface area contributed by atoms with Crippen molar-refractivity contribution < 1.29 is 14.7 Å². The summed E-state index contributed by atoms with van der Waals surface area (Å²) in [6.07, 6.45) is 8.06. The smallest absolute Gasteiger partial charge is 0.311 e. The van der Waals surface area contributed by atoms with Gasteiger partial charge < -0.3 is 14.9 Å². The fourth-order valence-corrected chi connectivity index (χ4v) is 4.02. The predicted molar refractivity (Wildman–Crippen MR) is 87.1 cm³/mol. The molecule has 1 amide bonds. The van der Waals surface area contributed by atoms with Gasteiger partial charge in [0, 0.05) is 51.2 Å². The van der Waals surface area contributed by atoms with Gasteiger partial charge in [-0.3, -0.25) is 9.59 Å². The largest absolute Gasteiger partial charge is 0.481 e. The fourth-order valence-electron chi connectivity index (χ4n) is 4.02. The van der Waals surface area contributed by atoms with Crippen molar-refractivity contribution in [1.29, 1.82) is 0 Å². The maximum absolute atomic E-state index is 12.6. The highest BCUT2D eigenvalue weighted by atomic mass is 16.4. The summed E-state index contributed by atoms with van der Waals surface area (Å²) in [5, 5.41) is 17.8. The van der Waals surface area contributed by atoms with Crippen LogP contribution in [0.15, 0.2) is 10.2 Å². The number of rotatable bonds is 6. The summed E-state index contributed by atoms with van der Waals surface area (Å²) in [6.45, 7) is 2.34. The normalized spacial score (nSPS) is 30.7. The van der Waals surface area contributed by atoms with Gasteiger partial charge in [-0.15, -0.1) is 12.3 Å². The van der Waals surface area contributed by atoms with Crippen LogP contribution in [0.4, 0.5) is 0 Å². The second-order valence-corrected chi connectivity index (χ2v) is 7.33. The van der Waals surface area contributed by atoms with Crippen molar-refractivity contribution in [1.82, 2.24) is 9.80 Å². The highest BCUT2D eigenvalue weighted by molar-refractivity contribution is 5.81. The first-order valence-corrected chi connectivity index (χ1v) is 8.48. The number of hydrogen-bond donors (Lipinski definition) is 1. The van der Waals surface area contributed by atoms with Crippen LogP contribution in [0.5, 0.6) is 0 Å². The Labute approximate surface area is 142 Å². The van der Waals surface area contributed by atoms with Gasteiger partial charge in [-0.05, 0) is 20.0 Å². The number of carbonyl (C=O) groups excluding carboxylic acids is 1. The van der Waals surface area contributed by atoms with E-state index in [9.17, 15) is 14.7 Å². The van der Waals surface area contributed by atoms with E-state index < -0.39 is 17.0 Å². The zero-order valence-corrected chi connectivity index (χ0v) is 14.1. The predicted octanol–water partition coefficient (Wildman–Crippen LogP) is 1.21. The van der Waals surface area contributed by atoms with E-state index in [1.807, 2.05) is 7.05 Å². The lowest BCUT2D eigenvalue weighted by molar-refractivity contribution is -0.153. The second-order valence-electron chi connectivity index (χ2n) is 7.33. The topological polar surface area (TPSA) is 85.6 Å². The third-order valence-electron chi connectivity index (χ3n) is 5.74. The molecule has 3 heterocycles. The Balaban J connectivity index is 1.59. The number of carboxylic acids is 1. The summed E-state index contributed by atoms with van der Waals surface area (Å²) in [4.78, 5) is 28.3. The van der Waals surface area contributed by atoms with Crippen LogP contribution < -0.4 is 0 Å². The van der Waals surface area contributed by atoms with Gasteiger partial charge >= 0.3 is 5.97 Å². The highest BCUT2D eigenvalue weighted by Crippen LogP contribution is 2.43. The van der Waals surface area contributed by atoms with Gasteiger partial charge in [-0.1, -0.05) is 0 Å². The van der Waals surface area contributed by atoms with Gasteiger partial charge in [0.2, 0.25) is 5.91 Å². The molecule has 130 valence electrons. The number of carboxylic acid groups (broad SMARTS) is 1. The van der Waals surface area contributed by atoms with Crippen LogP contribution in [0.1, 0.15) is 32.1 Å². The van der Waals surface area contributed by atoms with Crippen molar-refractivity contribution in [2.24, 2.45) is 21.6 Å². The molecule has 24 heavy (non-hydrogen) atoms. The van der Waals surface area contributed by atoms with Crippen LogP contribution in [0.3, 0.4) is 0 Å². The molecule has 0 aromatic heterocycles. The molecule has 0 aromatic carbocycles. The number of aliphatic carboxylic acids is 1. The minimum absolute atomic E-state index is 0.00315. The Bertz CT molecular complexity index is 605. The molecule has 1 N–H and O–H groups in total. The van der Waals surface area contributed by atoms with Gasteiger partial charge in [0.05, 0.1) is 5.41 Å². The average molecular weight is 332 g/mol. The molecule has 2 atom stereocenters. The van der Waals surface area contributed by atoms with Crippen molar-refractivity contribution >= 4 is 11.9 Å². The number of hydrogen-bond acceptors (Lipinski definition) is 5. The van der Waals surface area contributed by atoms with Crippen molar-refractivity contribution in [3.8, 4) is 12.3 Å². The Morgan fingerprint density at radius 1 is 1.33 bits per heavy atom. The molecular formula is C17H24N4O3. The van der Waals surface area contributed by atoms with E-state index >= 15 is 0 Å². The van der Waals surface area contributed by atoms with E-state index in [-0.39, 0.29) is 11.8 Å². The molecule has 0 aliphatic carbocycles. The molecule has 0 unspecified atom stereocenters. The van der Waals surface area contributed by atoms with Crippen LogP contribution in [-0.4, -0.2) is 65.7 Å². The lowest BCUT2D eigenvalue weighted by atomic mass is 9.73. The zero-order chi connectivity index (χ0) is 17.4. The van der Waals surface area contributed by atoms with E-state index in [0.29, 0.717) is 45.2 Å². The summed E-state index contributed by atoms with van der Waals surface area (Å²) in [5.74, 6) is 1.81. The molecule has 3 aliphatic rings. The van der Waals surface area contributed by atoms with E-state index in [1.54, 1.807) is 4.90 Å². The minimum atomic E-state index is -0.780. The number of amides is 1. The minimum Gasteiger partial charge on any atom is -0.481 e. The molecule has 3 rings (SSSR count). The molecule has 7 heteroatoms. The summed E-state index contributed by atoms with van der Waals surface area (Å²) in [7, 11) is 2.00. The Morgan fingerprint density at radius 2 is 2.08 bits per heavy atom. The molecule has 0 spiro atoms. The fraction of sp³-hybridized carbons (Fsp3) is 0.765. The average Bonchev–Trinajstić information content (AvgIpc) is 3.22. The summed E-state index contributed by atoms with van der Waals surface area (Å²) < 4.78 is 0. The first-order chi connectivity index (χ1) is 11.4. The van der Waals surface area contributed by atoms with Crippen molar-refractivity contribution in [2.75, 3.05) is 33.2 Å². The third kappa shape index (κ3) is 3.03. The molecule has 0 aromatic rings. The summed E-state index contributed by atoms with van der Waals surface area (Å²) >= 11 is 0. The molecule has 0 radical (unpaired) electrons. The molecule has 3 aliphatic heterocycles. The standard InChI is InChI=1S/C17H24N4O3/c1-3-4-6-17(18-19-17)7-5-14(22)21-11-13-10-20(2)9-8-16(13,12-21)15(23)24/h1,13H,4-12H2,2H3,(H,23,24)/t13-,16-/m0/s1. The second kappa shape index (κ2) is 6.17. The molecule has 7 nitrogen and oxygen atoms in total. The van der Waals surface area contributed by atoms with Crippen molar-refractivity contribution in [2.45, 2.75) is 37.8 Å². The number of nitrogens with zero attached hydrogens (tertiary/aromatic N) is 4. The van der Waals surface area contributed by atoms with E-state index in [2.05, 4.69) is 21.0 Å². The molecular weight excluding hydrogens is 308 g/mol. The van der Waals surface area contributed by atoms with Gasteiger partial charge in [-0.2, -0.15) is 10.2 Å². The third-order valence-corrected chi connectivity index (χ3v) is 5.74.